The minimum Gasteiger partial charge on any atom is -0.454 e. The van der Waals surface area contributed by atoms with E-state index in [0.717, 1.165) is 39.0 Å². The highest BCUT2D eigenvalue weighted by Gasteiger charge is 2.25. The van der Waals surface area contributed by atoms with Crippen LogP contribution in [0.15, 0.2) is 83.4 Å². The first-order valence-corrected chi connectivity index (χ1v) is 10.8. The summed E-state index contributed by atoms with van der Waals surface area (Å²) in [6, 6.07) is 25.1. The van der Waals surface area contributed by atoms with E-state index in [1.165, 1.54) is 11.1 Å². The number of rotatable bonds is 4. The Hall–Kier alpha value is -3.46. The summed E-state index contributed by atoms with van der Waals surface area (Å²) < 4.78 is 6.10. The van der Waals surface area contributed by atoms with Crippen molar-refractivity contribution in [2.24, 2.45) is 0 Å². The molecular formula is C28H26N2O. The molecule has 0 aliphatic rings. The second-order valence-electron chi connectivity index (χ2n) is 8.98. The fraction of sp³-hybridized carbons (Fsp3) is 0.214. The van der Waals surface area contributed by atoms with Crippen LogP contribution in [-0.4, -0.2) is 9.97 Å². The number of furan rings is 1. The molecule has 3 nitrogen and oxygen atoms in total. The molecule has 3 heterocycles. The molecule has 0 N–H and O–H groups in total. The van der Waals surface area contributed by atoms with Crippen molar-refractivity contribution in [2.75, 3.05) is 0 Å². The number of benzene rings is 2. The Morgan fingerprint density at radius 1 is 0.839 bits per heavy atom. The van der Waals surface area contributed by atoms with E-state index in [0.29, 0.717) is 5.92 Å². The Labute approximate surface area is 182 Å². The van der Waals surface area contributed by atoms with Crippen molar-refractivity contribution >= 4 is 22.1 Å². The van der Waals surface area contributed by atoms with Gasteiger partial charge in [0.05, 0.1) is 11.4 Å². The normalized spacial score (nSPS) is 12.2. The molecule has 0 aliphatic heterocycles. The number of hydrogen-bond donors (Lipinski definition) is 0. The Morgan fingerprint density at radius 3 is 2.39 bits per heavy atom. The third-order valence-corrected chi connectivity index (χ3v) is 6.20. The van der Waals surface area contributed by atoms with Crippen molar-refractivity contribution in [3.05, 3.63) is 95.8 Å². The van der Waals surface area contributed by atoms with Crippen LogP contribution >= 0.6 is 0 Å². The van der Waals surface area contributed by atoms with E-state index >= 15 is 0 Å². The van der Waals surface area contributed by atoms with Crippen LogP contribution in [0.1, 0.15) is 50.4 Å². The maximum Gasteiger partial charge on any atom is 0.153 e. The molecule has 0 bridgehead atoms. The largest absolute Gasteiger partial charge is 0.454 e. The highest BCUT2D eigenvalue weighted by Crippen LogP contribution is 2.35. The van der Waals surface area contributed by atoms with Gasteiger partial charge in [-0.1, -0.05) is 58.0 Å². The lowest BCUT2D eigenvalue weighted by Crippen LogP contribution is -2.20. The zero-order chi connectivity index (χ0) is 21.6. The van der Waals surface area contributed by atoms with Crippen molar-refractivity contribution in [1.29, 1.82) is 0 Å². The molecule has 3 aromatic heterocycles. The van der Waals surface area contributed by atoms with Crippen LogP contribution < -0.4 is 0 Å². The summed E-state index contributed by atoms with van der Waals surface area (Å²) in [5, 5.41) is 1.02. The predicted molar refractivity (Wildman–Crippen MR) is 127 cm³/mol. The maximum atomic E-state index is 6.10. The molecule has 0 aliphatic carbocycles. The van der Waals surface area contributed by atoms with Gasteiger partial charge in [-0.15, -0.1) is 0 Å². The molecule has 0 fully saturated rings. The number of hydrogen-bond acceptors (Lipinski definition) is 3. The van der Waals surface area contributed by atoms with Gasteiger partial charge in [0.2, 0.25) is 0 Å². The van der Waals surface area contributed by atoms with E-state index in [-0.39, 0.29) is 5.41 Å². The molecule has 0 spiro atoms. The molecule has 0 unspecified atom stereocenters. The van der Waals surface area contributed by atoms with Crippen LogP contribution in [0.4, 0.5) is 0 Å². The first-order chi connectivity index (χ1) is 14.9. The molecule has 154 valence electrons. The molecule has 0 radical (unpaired) electrons. The van der Waals surface area contributed by atoms with E-state index in [1.54, 1.807) is 0 Å². The molecule has 5 aromatic rings. The number of nitrogens with zero attached hydrogens (tertiary/aromatic N) is 2. The Balaban J connectivity index is 1.65. The van der Waals surface area contributed by atoms with Crippen LogP contribution in [-0.2, 0) is 5.41 Å². The van der Waals surface area contributed by atoms with Crippen molar-refractivity contribution < 1.29 is 4.42 Å². The third kappa shape index (κ3) is 3.40. The number of fused-ring (bicyclic) bond motifs is 3. The molecule has 0 atom stereocenters. The Morgan fingerprint density at radius 2 is 1.61 bits per heavy atom. The highest BCUT2D eigenvalue weighted by molar-refractivity contribution is 6.04. The van der Waals surface area contributed by atoms with Gasteiger partial charge in [-0.25, -0.2) is 4.98 Å². The minimum absolute atomic E-state index is 0.205. The Kier molecular flexibility index (Phi) is 4.62. The SMILES string of the molecule is CC(C)c1ccnc(-c2ccc3oc4ccc(C(C)(C)c5ccccc5)nc4c3c2)c1. The lowest BCUT2D eigenvalue weighted by Gasteiger charge is -2.24. The fourth-order valence-electron chi connectivity index (χ4n) is 4.12. The standard InChI is InChI=1S/C28H26N2O/c1-18(2)19-14-15-29-23(17-19)20-10-11-24-22(16-20)27-25(31-24)12-13-26(30-27)28(3,4)21-8-6-5-7-9-21/h5-18H,1-4H3. The van der Waals surface area contributed by atoms with Gasteiger partial charge in [0.1, 0.15) is 11.1 Å². The summed E-state index contributed by atoms with van der Waals surface area (Å²) in [4.78, 5) is 9.69. The zero-order valence-corrected chi connectivity index (χ0v) is 18.4. The molecule has 2 aromatic carbocycles. The van der Waals surface area contributed by atoms with Crippen molar-refractivity contribution in [2.45, 2.75) is 39.0 Å². The molecule has 0 saturated carbocycles. The average Bonchev–Trinajstić information content (AvgIpc) is 3.17. The first kappa shape index (κ1) is 19.5. The van der Waals surface area contributed by atoms with Crippen LogP contribution in [0.25, 0.3) is 33.3 Å². The van der Waals surface area contributed by atoms with Gasteiger partial charge in [0, 0.05) is 22.6 Å². The molecule has 0 amide bonds. The van der Waals surface area contributed by atoms with Gasteiger partial charge >= 0.3 is 0 Å². The Bertz CT molecular complexity index is 1380. The van der Waals surface area contributed by atoms with E-state index in [1.807, 2.05) is 24.4 Å². The van der Waals surface area contributed by atoms with Crippen LogP contribution in [0.2, 0.25) is 0 Å². The van der Waals surface area contributed by atoms with Crippen LogP contribution in [0.3, 0.4) is 0 Å². The van der Waals surface area contributed by atoms with E-state index < -0.39 is 0 Å². The highest BCUT2D eigenvalue weighted by atomic mass is 16.3. The number of aromatic nitrogens is 2. The zero-order valence-electron chi connectivity index (χ0n) is 18.4. The van der Waals surface area contributed by atoms with Crippen molar-refractivity contribution in [3.8, 4) is 11.3 Å². The summed E-state index contributed by atoms with van der Waals surface area (Å²) in [7, 11) is 0. The molecule has 0 saturated heterocycles. The second-order valence-corrected chi connectivity index (χ2v) is 8.98. The van der Waals surface area contributed by atoms with Gasteiger partial charge in [-0.05, 0) is 59.5 Å². The summed E-state index contributed by atoms with van der Waals surface area (Å²) in [5.74, 6) is 0.463. The lowest BCUT2D eigenvalue weighted by atomic mass is 9.81. The summed E-state index contributed by atoms with van der Waals surface area (Å²) in [6.07, 6.45) is 1.89. The van der Waals surface area contributed by atoms with Crippen molar-refractivity contribution in [3.63, 3.8) is 0 Å². The maximum absolute atomic E-state index is 6.10. The first-order valence-electron chi connectivity index (χ1n) is 10.8. The fourth-order valence-corrected chi connectivity index (χ4v) is 4.12. The topological polar surface area (TPSA) is 38.9 Å². The lowest BCUT2D eigenvalue weighted by molar-refractivity contribution is 0.617. The minimum atomic E-state index is -0.205. The molecular weight excluding hydrogens is 380 g/mol. The van der Waals surface area contributed by atoms with Crippen LogP contribution in [0.5, 0.6) is 0 Å². The van der Waals surface area contributed by atoms with Gasteiger partial charge in [-0.2, -0.15) is 0 Å². The average molecular weight is 407 g/mol. The molecule has 31 heavy (non-hydrogen) atoms. The van der Waals surface area contributed by atoms with E-state index in [2.05, 4.69) is 87.3 Å². The monoisotopic (exact) mass is 406 g/mol. The number of pyridine rings is 2. The van der Waals surface area contributed by atoms with Gasteiger partial charge in [0.15, 0.2) is 5.58 Å². The molecule has 5 rings (SSSR count). The smallest absolute Gasteiger partial charge is 0.153 e. The van der Waals surface area contributed by atoms with Crippen LogP contribution in [0, 0.1) is 0 Å². The van der Waals surface area contributed by atoms with E-state index in [9.17, 15) is 0 Å². The van der Waals surface area contributed by atoms with E-state index in [4.69, 9.17) is 9.40 Å². The quantitative estimate of drug-likeness (QED) is 0.310. The third-order valence-electron chi connectivity index (χ3n) is 6.20. The van der Waals surface area contributed by atoms with Gasteiger partial charge < -0.3 is 4.42 Å². The second kappa shape index (κ2) is 7.35. The van der Waals surface area contributed by atoms with Gasteiger partial charge in [0.25, 0.3) is 0 Å². The molecule has 3 heteroatoms. The van der Waals surface area contributed by atoms with Crippen molar-refractivity contribution in [1.82, 2.24) is 9.97 Å². The summed E-state index contributed by atoms with van der Waals surface area (Å²) >= 11 is 0. The summed E-state index contributed by atoms with van der Waals surface area (Å²) in [5.41, 5.74) is 7.96. The summed E-state index contributed by atoms with van der Waals surface area (Å²) in [6.45, 7) is 8.83. The predicted octanol–water partition coefficient (Wildman–Crippen LogP) is 7.49. The van der Waals surface area contributed by atoms with Gasteiger partial charge in [-0.3, -0.25) is 4.98 Å².